The van der Waals surface area contributed by atoms with Gasteiger partial charge in [0.15, 0.2) is 0 Å². The van der Waals surface area contributed by atoms with E-state index >= 15 is 0 Å². The minimum absolute atomic E-state index is 0.00718. The minimum atomic E-state index is -0.111. The largest absolute Gasteiger partial charge is 0.346 e. The van der Waals surface area contributed by atoms with E-state index < -0.39 is 0 Å². The SMILES string of the molecule is CC(NC(=O)/C=C/c1cccnc1)c1ccccc1. The van der Waals surface area contributed by atoms with Gasteiger partial charge in [-0.3, -0.25) is 9.78 Å². The Kier molecular flexibility index (Phi) is 4.45. The number of nitrogens with zero attached hydrogens (tertiary/aromatic N) is 1. The molecule has 96 valence electrons. The zero-order valence-corrected chi connectivity index (χ0v) is 10.8. The molecule has 0 bridgehead atoms. The Morgan fingerprint density at radius 3 is 2.68 bits per heavy atom. The fraction of sp³-hybridized carbons (Fsp3) is 0.125. The number of nitrogens with one attached hydrogen (secondary N) is 1. The van der Waals surface area contributed by atoms with Crippen molar-refractivity contribution >= 4 is 12.0 Å². The van der Waals surface area contributed by atoms with Gasteiger partial charge in [0, 0.05) is 18.5 Å². The van der Waals surface area contributed by atoms with Gasteiger partial charge in [0.2, 0.25) is 5.91 Å². The molecule has 1 unspecified atom stereocenters. The van der Waals surface area contributed by atoms with Crippen molar-refractivity contribution in [3.63, 3.8) is 0 Å². The van der Waals surface area contributed by atoms with Gasteiger partial charge in [-0.05, 0) is 30.2 Å². The molecule has 1 amide bonds. The smallest absolute Gasteiger partial charge is 0.244 e. The highest BCUT2D eigenvalue weighted by Gasteiger charge is 2.06. The maximum Gasteiger partial charge on any atom is 0.244 e. The van der Waals surface area contributed by atoms with E-state index in [2.05, 4.69) is 10.3 Å². The number of amides is 1. The second-order valence-corrected chi connectivity index (χ2v) is 4.26. The van der Waals surface area contributed by atoms with Gasteiger partial charge in [0.25, 0.3) is 0 Å². The Hall–Kier alpha value is -2.42. The molecule has 0 spiro atoms. The summed E-state index contributed by atoms with van der Waals surface area (Å²) in [6.45, 7) is 1.96. The summed E-state index contributed by atoms with van der Waals surface area (Å²) in [5, 5.41) is 2.92. The van der Waals surface area contributed by atoms with E-state index in [1.807, 2.05) is 49.4 Å². The lowest BCUT2D eigenvalue weighted by atomic mass is 10.1. The topological polar surface area (TPSA) is 42.0 Å². The highest BCUT2D eigenvalue weighted by molar-refractivity contribution is 5.91. The number of carbonyl (C=O) groups excluding carboxylic acids is 1. The zero-order valence-electron chi connectivity index (χ0n) is 10.8. The molecule has 0 fully saturated rings. The lowest BCUT2D eigenvalue weighted by Crippen LogP contribution is -2.24. The monoisotopic (exact) mass is 252 g/mol. The summed E-state index contributed by atoms with van der Waals surface area (Å²) in [6.07, 6.45) is 6.69. The van der Waals surface area contributed by atoms with E-state index in [0.717, 1.165) is 11.1 Å². The number of benzene rings is 1. The van der Waals surface area contributed by atoms with Crippen LogP contribution in [0.5, 0.6) is 0 Å². The van der Waals surface area contributed by atoms with Crippen LogP contribution in [0, 0.1) is 0 Å². The summed E-state index contributed by atoms with van der Waals surface area (Å²) in [6, 6.07) is 13.6. The number of hydrogen-bond donors (Lipinski definition) is 1. The van der Waals surface area contributed by atoms with Gasteiger partial charge in [0.05, 0.1) is 6.04 Å². The second kappa shape index (κ2) is 6.50. The Morgan fingerprint density at radius 1 is 1.21 bits per heavy atom. The predicted octanol–water partition coefficient (Wildman–Crippen LogP) is 2.97. The third kappa shape index (κ3) is 4.07. The Morgan fingerprint density at radius 2 is 2.00 bits per heavy atom. The van der Waals surface area contributed by atoms with Crippen LogP contribution in [-0.4, -0.2) is 10.9 Å². The summed E-state index contributed by atoms with van der Waals surface area (Å²) in [4.78, 5) is 15.8. The third-order valence-electron chi connectivity index (χ3n) is 2.77. The van der Waals surface area contributed by atoms with Gasteiger partial charge < -0.3 is 5.32 Å². The summed E-state index contributed by atoms with van der Waals surface area (Å²) in [5.74, 6) is -0.111. The van der Waals surface area contributed by atoms with Gasteiger partial charge in [-0.2, -0.15) is 0 Å². The van der Waals surface area contributed by atoms with Gasteiger partial charge in [-0.25, -0.2) is 0 Å². The first kappa shape index (κ1) is 13.0. The van der Waals surface area contributed by atoms with E-state index in [1.165, 1.54) is 6.08 Å². The predicted molar refractivity (Wildman–Crippen MR) is 76.3 cm³/mol. The average molecular weight is 252 g/mol. The van der Waals surface area contributed by atoms with Crippen molar-refractivity contribution in [1.29, 1.82) is 0 Å². The standard InChI is InChI=1S/C16H16N2O/c1-13(15-7-3-2-4-8-15)18-16(19)10-9-14-6-5-11-17-12-14/h2-13H,1H3,(H,18,19)/b10-9+. The molecule has 2 rings (SSSR count). The lowest BCUT2D eigenvalue weighted by Gasteiger charge is -2.12. The van der Waals surface area contributed by atoms with Gasteiger partial charge in [-0.15, -0.1) is 0 Å². The van der Waals surface area contributed by atoms with Crippen LogP contribution >= 0.6 is 0 Å². The van der Waals surface area contributed by atoms with Crippen molar-refractivity contribution < 1.29 is 4.79 Å². The maximum absolute atomic E-state index is 11.8. The Balaban J connectivity index is 1.93. The first-order valence-electron chi connectivity index (χ1n) is 6.19. The maximum atomic E-state index is 11.8. The molecule has 1 aromatic heterocycles. The highest BCUT2D eigenvalue weighted by atomic mass is 16.1. The summed E-state index contributed by atoms with van der Waals surface area (Å²) in [5.41, 5.74) is 2.00. The van der Waals surface area contributed by atoms with Crippen molar-refractivity contribution in [2.75, 3.05) is 0 Å². The number of pyridine rings is 1. The molecule has 1 heterocycles. The highest BCUT2D eigenvalue weighted by Crippen LogP contribution is 2.10. The second-order valence-electron chi connectivity index (χ2n) is 4.26. The average Bonchev–Trinajstić information content (AvgIpc) is 2.47. The fourth-order valence-electron chi connectivity index (χ4n) is 1.73. The van der Waals surface area contributed by atoms with Crippen molar-refractivity contribution in [3.05, 3.63) is 72.1 Å². The molecular weight excluding hydrogens is 236 g/mol. The van der Waals surface area contributed by atoms with Gasteiger partial charge >= 0.3 is 0 Å². The lowest BCUT2D eigenvalue weighted by molar-refractivity contribution is -0.117. The van der Waals surface area contributed by atoms with Crippen LogP contribution in [-0.2, 0) is 4.79 Å². The molecule has 19 heavy (non-hydrogen) atoms. The molecule has 0 aliphatic rings. The summed E-state index contributed by atoms with van der Waals surface area (Å²) < 4.78 is 0. The molecular formula is C16H16N2O. The van der Waals surface area contributed by atoms with Gasteiger partial charge in [-0.1, -0.05) is 36.4 Å². The quantitative estimate of drug-likeness (QED) is 0.850. The van der Waals surface area contributed by atoms with Crippen molar-refractivity contribution in [2.24, 2.45) is 0 Å². The molecule has 2 aromatic rings. The molecule has 3 nitrogen and oxygen atoms in total. The number of carbonyl (C=O) groups is 1. The molecule has 0 radical (unpaired) electrons. The Labute approximate surface area is 113 Å². The summed E-state index contributed by atoms with van der Waals surface area (Å²) >= 11 is 0. The molecule has 1 atom stereocenters. The first-order chi connectivity index (χ1) is 9.25. The van der Waals surface area contributed by atoms with E-state index in [9.17, 15) is 4.79 Å². The molecule has 0 aliphatic heterocycles. The van der Waals surface area contributed by atoms with Crippen molar-refractivity contribution in [1.82, 2.24) is 10.3 Å². The number of aromatic nitrogens is 1. The van der Waals surface area contributed by atoms with Gasteiger partial charge in [0.1, 0.15) is 0 Å². The number of rotatable bonds is 4. The van der Waals surface area contributed by atoms with Crippen LogP contribution in [0.1, 0.15) is 24.1 Å². The van der Waals surface area contributed by atoms with E-state index in [-0.39, 0.29) is 11.9 Å². The van der Waals surface area contributed by atoms with Crippen LogP contribution in [0.15, 0.2) is 60.9 Å². The van der Waals surface area contributed by atoms with Crippen LogP contribution in [0.2, 0.25) is 0 Å². The van der Waals surface area contributed by atoms with Crippen LogP contribution in [0.25, 0.3) is 6.08 Å². The van der Waals surface area contributed by atoms with E-state index in [0.29, 0.717) is 0 Å². The molecule has 0 saturated carbocycles. The molecule has 0 aliphatic carbocycles. The van der Waals surface area contributed by atoms with Crippen molar-refractivity contribution in [3.8, 4) is 0 Å². The Bertz CT molecular complexity index is 549. The number of hydrogen-bond acceptors (Lipinski definition) is 2. The van der Waals surface area contributed by atoms with Crippen LogP contribution < -0.4 is 5.32 Å². The zero-order chi connectivity index (χ0) is 13.5. The van der Waals surface area contributed by atoms with E-state index in [1.54, 1.807) is 18.5 Å². The molecule has 1 N–H and O–H groups in total. The molecule has 3 heteroatoms. The molecule has 1 aromatic carbocycles. The minimum Gasteiger partial charge on any atom is -0.346 e. The third-order valence-corrected chi connectivity index (χ3v) is 2.77. The first-order valence-corrected chi connectivity index (χ1v) is 6.19. The van der Waals surface area contributed by atoms with E-state index in [4.69, 9.17) is 0 Å². The van der Waals surface area contributed by atoms with Crippen LogP contribution in [0.4, 0.5) is 0 Å². The summed E-state index contributed by atoms with van der Waals surface area (Å²) in [7, 11) is 0. The molecule has 0 saturated heterocycles. The van der Waals surface area contributed by atoms with Crippen LogP contribution in [0.3, 0.4) is 0 Å². The van der Waals surface area contributed by atoms with Crippen molar-refractivity contribution in [2.45, 2.75) is 13.0 Å². The normalized spacial score (nSPS) is 12.3. The fourth-order valence-corrected chi connectivity index (χ4v) is 1.73.